The summed E-state index contributed by atoms with van der Waals surface area (Å²) in [5.41, 5.74) is 4.53. The Balaban J connectivity index is 1.51. The van der Waals surface area contributed by atoms with E-state index in [1.165, 1.54) is 29.3 Å². The maximum absolute atomic E-state index is 15.0. The molecule has 0 N–H and O–H groups in total. The first kappa shape index (κ1) is 24.5. The zero-order chi connectivity index (χ0) is 24.8. The van der Waals surface area contributed by atoms with Gasteiger partial charge in [-0.1, -0.05) is 85.8 Å². The van der Waals surface area contributed by atoms with Crippen LogP contribution in [-0.4, -0.2) is 0 Å². The smallest absolute Gasteiger partial charge is 0.131 e. The Hall–Kier alpha value is -3.59. The van der Waals surface area contributed by atoms with Crippen molar-refractivity contribution in [2.75, 3.05) is 0 Å². The van der Waals surface area contributed by atoms with Gasteiger partial charge >= 0.3 is 0 Å². The van der Waals surface area contributed by atoms with Crippen molar-refractivity contribution in [3.8, 4) is 22.3 Å². The molecule has 0 unspecified atom stereocenters. The quantitative estimate of drug-likeness (QED) is 0.225. The fraction of sp³-hybridized carbons (Fsp3) is 0.188. The number of hydrogen-bond donors (Lipinski definition) is 0. The van der Waals surface area contributed by atoms with Crippen molar-refractivity contribution < 1.29 is 13.2 Å². The second-order valence-electron chi connectivity index (χ2n) is 8.93. The Labute approximate surface area is 205 Å². The van der Waals surface area contributed by atoms with Crippen LogP contribution in [0.25, 0.3) is 22.3 Å². The fourth-order valence-electron chi connectivity index (χ4n) is 4.41. The highest BCUT2D eigenvalue weighted by Gasteiger charge is 2.15. The molecule has 1 atom stereocenters. The van der Waals surface area contributed by atoms with Gasteiger partial charge in [0, 0.05) is 11.1 Å². The maximum atomic E-state index is 15.0. The van der Waals surface area contributed by atoms with Gasteiger partial charge in [-0.2, -0.15) is 0 Å². The SMILES string of the molecule is C/C=C/CCc1c(F)cc(-c2ccc(-c3ccc(C[C@@H](C)c4ccccc4)cc3)cc2F)cc1F. The summed E-state index contributed by atoms with van der Waals surface area (Å²) in [6.45, 7) is 4.07. The van der Waals surface area contributed by atoms with Crippen molar-refractivity contribution >= 4 is 0 Å². The van der Waals surface area contributed by atoms with Crippen molar-refractivity contribution in [1.82, 2.24) is 0 Å². The minimum Gasteiger partial charge on any atom is -0.207 e. The Morgan fingerprint density at radius 3 is 1.97 bits per heavy atom. The number of halogens is 3. The minimum atomic E-state index is -0.645. The van der Waals surface area contributed by atoms with E-state index in [4.69, 9.17) is 0 Å². The van der Waals surface area contributed by atoms with Crippen LogP contribution in [0.4, 0.5) is 13.2 Å². The van der Waals surface area contributed by atoms with Gasteiger partial charge in [-0.05, 0) is 78.1 Å². The molecule has 0 aliphatic carbocycles. The third-order valence-corrected chi connectivity index (χ3v) is 6.42. The number of rotatable bonds is 8. The summed E-state index contributed by atoms with van der Waals surface area (Å²) in [5.74, 6) is -1.40. The van der Waals surface area contributed by atoms with Crippen LogP contribution < -0.4 is 0 Å². The topological polar surface area (TPSA) is 0 Å². The van der Waals surface area contributed by atoms with Crippen LogP contribution in [0.2, 0.25) is 0 Å². The zero-order valence-corrected chi connectivity index (χ0v) is 20.1. The van der Waals surface area contributed by atoms with Crippen LogP contribution >= 0.6 is 0 Å². The largest absolute Gasteiger partial charge is 0.207 e. The Bertz CT molecular complexity index is 1280. The molecule has 4 rings (SSSR count). The molecule has 35 heavy (non-hydrogen) atoms. The summed E-state index contributed by atoms with van der Waals surface area (Å²) in [6, 6.07) is 25.7. The van der Waals surface area contributed by atoms with Crippen molar-refractivity contribution in [1.29, 1.82) is 0 Å². The van der Waals surface area contributed by atoms with Gasteiger partial charge in [0.25, 0.3) is 0 Å². The van der Waals surface area contributed by atoms with Gasteiger partial charge in [0.05, 0.1) is 0 Å². The lowest BCUT2D eigenvalue weighted by Crippen LogP contribution is -1.98. The summed E-state index contributed by atoms with van der Waals surface area (Å²) < 4.78 is 44.1. The maximum Gasteiger partial charge on any atom is 0.131 e. The second kappa shape index (κ2) is 11.2. The van der Waals surface area contributed by atoms with E-state index in [1.54, 1.807) is 12.1 Å². The minimum absolute atomic E-state index is 0.0329. The van der Waals surface area contributed by atoms with Crippen molar-refractivity contribution in [2.45, 2.75) is 39.0 Å². The van der Waals surface area contributed by atoms with Crippen LogP contribution in [0.1, 0.15) is 42.9 Å². The Morgan fingerprint density at radius 1 is 0.714 bits per heavy atom. The highest BCUT2D eigenvalue weighted by molar-refractivity contribution is 5.71. The Kier molecular flexibility index (Phi) is 7.87. The fourth-order valence-corrected chi connectivity index (χ4v) is 4.41. The lowest BCUT2D eigenvalue weighted by Gasteiger charge is -2.13. The summed E-state index contributed by atoms with van der Waals surface area (Å²) in [7, 11) is 0. The molecule has 0 saturated carbocycles. The monoisotopic (exact) mass is 470 g/mol. The van der Waals surface area contributed by atoms with Gasteiger partial charge < -0.3 is 0 Å². The van der Waals surface area contributed by atoms with Crippen LogP contribution in [0.15, 0.2) is 97.1 Å². The predicted molar refractivity (Wildman–Crippen MR) is 139 cm³/mol. The number of hydrogen-bond acceptors (Lipinski definition) is 0. The molecular formula is C32H29F3. The van der Waals surface area contributed by atoms with Crippen LogP contribution in [0.5, 0.6) is 0 Å². The van der Waals surface area contributed by atoms with Gasteiger partial charge in [0.1, 0.15) is 17.5 Å². The van der Waals surface area contributed by atoms with E-state index in [0.717, 1.165) is 17.5 Å². The average molecular weight is 471 g/mol. The molecule has 0 fully saturated rings. The lowest BCUT2D eigenvalue weighted by atomic mass is 9.92. The summed E-state index contributed by atoms with van der Waals surface area (Å²) in [5, 5.41) is 0. The first-order chi connectivity index (χ1) is 17.0. The number of allylic oxidation sites excluding steroid dienone is 2. The van der Waals surface area contributed by atoms with Crippen molar-refractivity contribution in [3.05, 3.63) is 131 Å². The standard InChI is InChI=1S/C32H29F3/c1-3-4-6-11-29-31(34)20-27(21-32(29)35)28-17-16-26(19-30(28)33)25-14-12-23(13-15-25)18-22(2)24-9-7-5-8-10-24/h3-5,7-10,12-17,19-22H,6,11,18H2,1-2H3/b4-3+/t22-/m1/s1. The summed E-state index contributed by atoms with van der Waals surface area (Å²) in [4.78, 5) is 0. The normalized spacial score (nSPS) is 12.3. The molecule has 0 aliphatic heterocycles. The molecule has 4 aromatic rings. The van der Waals surface area contributed by atoms with Gasteiger partial charge in [-0.3, -0.25) is 0 Å². The van der Waals surface area contributed by atoms with Crippen molar-refractivity contribution in [2.24, 2.45) is 0 Å². The van der Waals surface area contributed by atoms with Gasteiger partial charge in [0.15, 0.2) is 0 Å². The third kappa shape index (κ3) is 5.92. The van der Waals surface area contributed by atoms with E-state index in [9.17, 15) is 8.78 Å². The highest BCUT2D eigenvalue weighted by Crippen LogP contribution is 2.31. The molecule has 0 saturated heterocycles. The van der Waals surface area contributed by atoms with Crippen molar-refractivity contribution in [3.63, 3.8) is 0 Å². The molecule has 0 amide bonds. The highest BCUT2D eigenvalue weighted by atomic mass is 19.1. The van der Waals surface area contributed by atoms with E-state index in [1.807, 2.05) is 37.3 Å². The first-order valence-corrected chi connectivity index (χ1v) is 12.0. The van der Waals surface area contributed by atoms with Gasteiger partial charge in [-0.25, -0.2) is 13.2 Å². The van der Waals surface area contributed by atoms with Crippen LogP contribution in [0.3, 0.4) is 0 Å². The molecule has 0 spiro atoms. The van der Waals surface area contributed by atoms with E-state index < -0.39 is 17.5 Å². The van der Waals surface area contributed by atoms with E-state index in [0.29, 0.717) is 12.3 Å². The van der Waals surface area contributed by atoms with E-state index in [2.05, 4.69) is 43.3 Å². The third-order valence-electron chi connectivity index (χ3n) is 6.42. The molecule has 0 aliphatic rings. The molecule has 0 nitrogen and oxygen atoms in total. The number of benzene rings is 4. The molecule has 0 heterocycles. The van der Waals surface area contributed by atoms with Crippen LogP contribution in [0, 0.1) is 17.5 Å². The molecule has 4 aromatic carbocycles. The summed E-state index contributed by atoms with van der Waals surface area (Å²) >= 11 is 0. The van der Waals surface area contributed by atoms with E-state index >= 15 is 4.39 Å². The molecule has 3 heteroatoms. The molecule has 0 radical (unpaired) electrons. The Morgan fingerprint density at radius 2 is 1.34 bits per heavy atom. The van der Waals surface area contributed by atoms with E-state index in [-0.39, 0.29) is 23.1 Å². The molecule has 178 valence electrons. The molecular weight excluding hydrogens is 441 g/mol. The predicted octanol–water partition coefficient (Wildman–Crippen LogP) is 9.29. The molecule has 0 aromatic heterocycles. The van der Waals surface area contributed by atoms with Gasteiger partial charge in [-0.15, -0.1) is 0 Å². The lowest BCUT2D eigenvalue weighted by molar-refractivity contribution is 0.556. The second-order valence-corrected chi connectivity index (χ2v) is 8.93. The summed E-state index contributed by atoms with van der Waals surface area (Å²) in [6.07, 6.45) is 5.45. The van der Waals surface area contributed by atoms with Crippen LogP contribution in [-0.2, 0) is 12.8 Å². The molecule has 0 bridgehead atoms. The average Bonchev–Trinajstić information content (AvgIpc) is 2.86. The van der Waals surface area contributed by atoms with Gasteiger partial charge in [0.2, 0.25) is 0 Å². The zero-order valence-electron chi connectivity index (χ0n) is 20.1. The first-order valence-electron chi connectivity index (χ1n) is 12.0.